The molecule has 4 atom stereocenters. The van der Waals surface area contributed by atoms with Crippen molar-refractivity contribution in [2.24, 2.45) is 17.3 Å². The van der Waals surface area contributed by atoms with Crippen molar-refractivity contribution in [3.63, 3.8) is 0 Å². The van der Waals surface area contributed by atoms with Crippen LogP contribution in [0.3, 0.4) is 0 Å². The zero-order valence-corrected chi connectivity index (χ0v) is 17.9. The zero-order valence-electron chi connectivity index (χ0n) is 17.9. The van der Waals surface area contributed by atoms with Gasteiger partial charge in [-0.15, -0.1) is 0 Å². The molecule has 0 unspecified atom stereocenters. The highest BCUT2D eigenvalue weighted by Crippen LogP contribution is 2.45. The number of rotatable bonds is 9. The standard InChI is InChI=1S/C23H39NO4/c1-23(2,22(25)24(3)26)15-9-5-8-12-18-19(21-14-13-20(18)28-21)16-27-17-10-6-4-7-11-17/h5,8,17-21,26H,4,6-7,9-16H2,1-3H3/t18-,19+,20-,21+/m1/s1. The molecule has 0 spiro atoms. The van der Waals surface area contributed by atoms with Crippen LogP contribution >= 0.6 is 0 Å². The number of carbonyl (C=O) groups excluding carboxylic acids is 1. The van der Waals surface area contributed by atoms with Gasteiger partial charge in [-0.25, -0.2) is 5.06 Å². The predicted octanol–water partition coefficient (Wildman–Crippen LogP) is 4.73. The Morgan fingerprint density at radius 2 is 1.79 bits per heavy atom. The van der Waals surface area contributed by atoms with E-state index < -0.39 is 5.41 Å². The predicted molar refractivity (Wildman–Crippen MR) is 109 cm³/mol. The fourth-order valence-corrected chi connectivity index (χ4v) is 5.27. The number of hydroxylamine groups is 2. The van der Waals surface area contributed by atoms with Crippen molar-refractivity contribution in [2.45, 2.75) is 96.4 Å². The number of nitrogens with zero attached hydrogens (tertiary/aromatic N) is 1. The summed E-state index contributed by atoms with van der Waals surface area (Å²) in [6.07, 6.45) is 17.2. The molecule has 0 aromatic heterocycles. The molecule has 0 aromatic rings. The molecule has 2 saturated heterocycles. The van der Waals surface area contributed by atoms with E-state index in [4.69, 9.17) is 9.47 Å². The molecular formula is C23H39NO4. The minimum Gasteiger partial charge on any atom is -0.378 e. The smallest absolute Gasteiger partial charge is 0.251 e. The van der Waals surface area contributed by atoms with Crippen molar-refractivity contribution < 1.29 is 19.5 Å². The lowest BCUT2D eigenvalue weighted by atomic mass is 9.77. The molecule has 1 saturated carbocycles. The van der Waals surface area contributed by atoms with E-state index in [1.54, 1.807) is 0 Å². The SMILES string of the molecule is CN(O)C(=O)C(C)(C)CCC=CC[C@@H]1[C@H](COC2CCCCC2)[C@@H]2CC[C@H]1O2. The van der Waals surface area contributed by atoms with Crippen LogP contribution in [0.1, 0.15) is 78.1 Å². The quantitative estimate of drug-likeness (QED) is 0.349. The van der Waals surface area contributed by atoms with E-state index in [9.17, 15) is 10.0 Å². The van der Waals surface area contributed by atoms with Gasteiger partial charge < -0.3 is 9.47 Å². The van der Waals surface area contributed by atoms with Gasteiger partial charge in [0.15, 0.2) is 0 Å². The van der Waals surface area contributed by atoms with Gasteiger partial charge in [-0.05, 0) is 50.9 Å². The third kappa shape index (κ3) is 5.37. The van der Waals surface area contributed by atoms with Crippen LogP contribution in [0.5, 0.6) is 0 Å². The van der Waals surface area contributed by atoms with Gasteiger partial charge in [0.25, 0.3) is 5.91 Å². The largest absolute Gasteiger partial charge is 0.378 e. The second-order valence-electron chi connectivity index (χ2n) is 9.67. The molecular weight excluding hydrogens is 354 g/mol. The Labute approximate surface area is 170 Å². The van der Waals surface area contributed by atoms with Crippen molar-refractivity contribution in [2.75, 3.05) is 13.7 Å². The van der Waals surface area contributed by atoms with Gasteiger partial charge in [0.05, 0.1) is 24.9 Å². The number of amides is 1. The van der Waals surface area contributed by atoms with Gasteiger partial charge in [-0.1, -0.05) is 45.3 Å². The van der Waals surface area contributed by atoms with Gasteiger partial charge in [0, 0.05) is 18.4 Å². The van der Waals surface area contributed by atoms with E-state index in [0.717, 1.165) is 25.9 Å². The summed E-state index contributed by atoms with van der Waals surface area (Å²) in [6, 6.07) is 0. The van der Waals surface area contributed by atoms with E-state index in [2.05, 4.69) is 12.2 Å². The number of hydrogen-bond acceptors (Lipinski definition) is 4. The highest BCUT2D eigenvalue weighted by molar-refractivity contribution is 5.80. The molecule has 160 valence electrons. The van der Waals surface area contributed by atoms with Crippen LogP contribution < -0.4 is 0 Å². The molecule has 1 N–H and O–H groups in total. The maximum Gasteiger partial charge on any atom is 0.251 e. The molecule has 2 bridgehead atoms. The van der Waals surface area contributed by atoms with E-state index >= 15 is 0 Å². The molecule has 5 nitrogen and oxygen atoms in total. The Morgan fingerprint density at radius 1 is 1.11 bits per heavy atom. The Morgan fingerprint density at radius 3 is 2.46 bits per heavy atom. The molecule has 1 amide bonds. The zero-order chi connectivity index (χ0) is 20.1. The molecule has 0 radical (unpaired) electrons. The second kappa shape index (κ2) is 9.73. The molecule has 5 heteroatoms. The monoisotopic (exact) mass is 393 g/mol. The fraction of sp³-hybridized carbons (Fsp3) is 0.870. The van der Waals surface area contributed by atoms with Gasteiger partial charge in [-0.3, -0.25) is 10.0 Å². The van der Waals surface area contributed by atoms with Crippen LogP contribution in [0, 0.1) is 17.3 Å². The summed E-state index contributed by atoms with van der Waals surface area (Å²) in [5.41, 5.74) is -0.542. The molecule has 2 aliphatic heterocycles. The summed E-state index contributed by atoms with van der Waals surface area (Å²) in [5.74, 6) is 0.866. The molecule has 28 heavy (non-hydrogen) atoms. The van der Waals surface area contributed by atoms with Gasteiger partial charge >= 0.3 is 0 Å². The van der Waals surface area contributed by atoms with Crippen LogP contribution in [0.2, 0.25) is 0 Å². The Hall–Kier alpha value is -0.910. The van der Waals surface area contributed by atoms with E-state index in [1.165, 1.54) is 52.0 Å². The third-order valence-corrected chi connectivity index (χ3v) is 7.05. The second-order valence-corrected chi connectivity index (χ2v) is 9.67. The minimum atomic E-state index is -0.542. The summed E-state index contributed by atoms with van der Waals surface area (Å²) in [4.78, 5) is 12.0. The number of fused-ring (bicyclic) bond motifs is 2. The summed E-state index contributed by atoms with van der Waals surface area (Å²) in [7, 11) is 1.39. The lowest BCUT2D eigenvalue weighted by molar-refractivity contribution is -0.169. The third-order valence-electron chi connectivity index (χ3n) is 7.05. The molecule has 2 heterocycles. The normalized spacial score (nSPS) is 31.0. The van der Waals surface area contributed by atoms with E-state index in [1.807, 2.05) is 13.8 Å². The summed E-state index contributed by atoms with van der Waals surface area (Å²) in [5, 5.41) is 10.1. The van der Waals surface area contributed by atoms with Crippen molar-refractivity contribution in [1.29, 1.82) is 0 Å². The van der Waals surface area contributed by atoms with Crippen molar-refractivity contribution in [3.05, 3.63) is 12.2 Å². The van der Waals surface area contributed by atoms with E-state index in [-0.39, 0.29) is 5.91 Å². The summed E-state index contributed by atoms with van der Waals surface area (Å²) in [6.45, 7) is 4.63. The number of hydrogen-bond donors (Lipinski definition) is 1. The van der Waals surface area contributed by atoms with Gasteiger partial charge in [0.2, 0.25) is 0 Å². The van der Waals surface area contributed by atoms with Crippen molar-refractivity contribution in [1.82, 2.24) is 5.06 Å². The Kier molecular flexibility index (Phi) is 7.57. The molecule has 3 rings (SSSR count). The first-order valence-electron chi connectivity index (χ1n) is 11.3. The maximum absolute atomic E-state index is 12.0. The lowest BCUT2D eigenvalue weighted by Crippen LogP contribution is -2.36. The summed E-state index contributed by atoms with van der Waals surface area (Å²) < 4.78 is 12.5. The first-order valence-corrected chi connectivity index (χ1v) is 11.3. The highest BCUT2D eigenvalue weighted by Gasteiger charge is 2.48. The molecule has 1 aliphatic carbocycles. The molecule has 3 aliphatic rings. The van der Waals surface area contributed by atoms with Gasteiger partial charge in [0.1, 0.15) is 0 Å². The summed E-state index contributed by atoms with van der Waals surface area (Å²) >= 11 is 0. The topological polar surface area (TPSA) is 59.0 Å². The fourth-order valence-electron chi connectivity index (χ4n) is 5.27. The first kappa shape index (κ1) is 21.8. The average Bonchev–Trinajstić information content (AvgIpc) is 3.28. The first-order chi connectivity index (χ1) is 13.4. The van der Waals surface area contributed by atoms with Crippen molar-refractivity contribution in [3.8, 4) is 0 Å². The molecule has 3 fully saturated rings. The van der Waals surface area contributed by atoms with Crippen LogP contribution in [0.15, 0.2) is 12.2 Å². The van der Waals surface area contributed by atoms with E-state index in [0.29, 0.717) is 35.2 Å². The van der Waals surface area contributed by atoms with Crippen LogP contribution in [0.4, 0.5) is 0 Å². The van der Waals surface area contributed by atoms with Crippen molar-refractivity contribution >= 4 is 5.91 Å². The average molecular weight is 394 g/mol. The number of carbonyl (C=O) groups is 1. The van der Waals surface area contributed by atoms with Gasteiger partial charge in [-0.2, -0.15) is 0 Å². The molecule has 0 aromatic carbocycles. The van der Waals surface area contributed by atoms with Crippen LogP contribution in [-0.2, 0) is 14.3 Å². The maximum atomic E-state index is 12.0. The lowest BCUT2D eigenvalue weighted by Gasteiger charge is -2.30. The van der Waals surface area contributed by atoms with Crippen LogP contribution in [-0.4, -0.2) is 48.1 Å². The van der Waals surface area contributed by atoms with Crippen LogP contribution in [0.25, 0.3) is 0 Å². The number of allylic oxidation sites excluding steroid dienone is 2. The number of ether oxygens (including phenoxy) is 2. The minimum absolute atomic E-state index is 0.234. The Balaban J connectivity index is 1.44. The Bertz CT molecular complexity index is 539. The highest BCUT2D eigenvalue weighted by atomic mass is 16.5.